The first-order chi connectivity index (χ1) is 5.95. The van der Waals surface area contributed by atoms with E-state index in [0.717, 1.165) is 12.8 Å². The van der Waals surface area contributed by atoms with Crippen molar-refractivity contribution in [2.45, 2.75) is 38.0 Å². The van der Waals surface area contributed by atoms with Gasteiger partial charge in [-0.15, -0.1) is 0 Å². The Bertz CT molecular complexity index is 361. The Hall–Kier alpha value is -0.0900. The van der Waals surface area contributed by atoms with Gasteiger partial charge in [0.2, 0.25) is 0 Å². The van der Waals surface area contributed by atoms with Crippen molar-refractivity contribution in [3.63, 3.8) is 0 Å². The zero-order valence-electron chi connectivity index (χ0n) is 7.86. The van der Waals surface area contributed by atoms with E-state index in [4.69, 9.17) is 4.18 Å². The lowest BCUT2D eigenvalue weighted by Crippen LogP contribution is -2.36. The molecule has 0 N–H and O–H groups in total. The molecule has 3 nitrogen and oxygen atoms in total. The van der Waals surface area contributed by atoms with Crippen molar-refractivity contribution in [1.82, 2.24) is 0 Å². The lowest BCUT2D eigenvalue weighted by molar-refractivity contribution is 0.0909. The van der Waals surface area contributed by atoms with Crippen LogP contribution in [0.1, 0.15) is 26.7 Å². The van der Waals surface area contributed by atoms with E-state index in [2.05, 4.69) is 13.8 Å². The number of hydrogen-bond acceptors (Lipinski definition) is 3. The van der Waals surface area contributed by atoms with Gasteiger partial charge in [-0.25, -0.2) is 0 Å². The predicted molar refractivity (Wildman–Crippen MR) is 47.6 cm³/mol. The van der Waals surface area contributed by atoms with Gasteiger partial charge in [0.05, 0.1) is 11.4 Å². The third-order valence-corrected chi connectivity index (χ3v) is 6.32. The smallest absolute Gasteiger partial charge is 0.266 e. The second kappa shape index (κ2) is 1.96. The third kappa shape index (κ3) is 0.734. The molecule has 1 aliphatic heterocycles. The summed E-state index contributed by atoms with van der Waals surface area (Å²) >= 11 is 0. The Morgan fingerprint density at radius 1 is 1.46 bits per heavy atom. The van der Waals surface area contributed by atoms with Gasteiger partial charge in [0, 0.05) is 5.41 Å². The van der Waals surface area contributed by atoms with E-state index < -0.39 is 10.1 Å². The summed E-state index contributed by atoms with van der Waals surface area (Å²) in [4.78, 5) is 0. The van der Waals surface area contributed by atoms with Gasteiger partial charge in [-0.1, -0.05) is 13.8 Å². The molecule has 1 heterocycles. The highest BCUT2D eigenvalue weighted by atomic mass is 32.2. The van der Waals surface area contributed by atoms with Crippen molar-refractivity contribution >= 4 is 10.1 Å². The zero-order valence-corrected chi connectivity index (χ0v) is 8.67. The van der Waals surface area contributed by atoms with Gasteiger partial charge < -0.3 is 0 Å². The van der Waals surface area contributed by atoms with Crippen LogP contribution in [0.5, 0.6) is 0 Å². The molecule has 3 fully saturated rings. The summed E-state index contributed by atoms with van der Waals surface area (Å²) in [5, 5.41) is -0.203. The maximum Gasteiger partial charge on any atom is 0.271 e. The molecule has 13 heavy (non-hydrogen) atoms. The monoisotopic (exact) mass is 202 g/mol. The molecule has 5 unspecified atom stereocenters. The van der Waals surface area contributed by atoms with E-state index in [1.54, 1.807) is 0 Å². The van der Waals surface area contributed by atoms with Crippen molar-refractivity contribution in [2.24, 2.45) is 17.3 Å². The average Bonchev–Trinajstić information content (AvgIpc) is 2.49. The molecule has 1 saturated heterocycles. The predicted octanol–water partition coefficient (Wildman–Crippen LogP) is 1.15. The van der Waals surface area contributed by atoms with Crippen LogP contribution in [0.25, 0.3) is 0 Å². The Kier molecular flexibility index (Phi) is 1.24. The van der Waals surface area contributed by atoms with Crippen molar-refractivity contribution in [3.8, 4) is 0 Å². The highest BCUT2D eigenvalue weighted by molar-refractivity contribution is 7.87. The summed E-state index contributed by atoms with van der Waals surface area (Å²) in [7, 11) is -3.22. The summed E-state index contributed by atoms with van der Waals surface area (Å²) in [6, 6.07) is 0. The highest BCUT2D eigenvalue weighted by Crippen LogP contribution is 2.64. The fourth-order valence-electron chi connectivity index (χ4n) is 3.73. The Morgan fingerprint density at radius 3 is 2.69 bits per heavy atom. The zero-order chi connectivity index (χ0) is 9.43. The largest absolute Gasteiger partial charge is 0.271 e. The lowest BCUT2D eigenvalue weighted by Gasteiger charge is -2.28. The Balaban J connectivity index is 2.18. The fourth-order valence-corrected chi connectivity index (χ4v) is 5.92. The van der Waals surface area contributed by atoms with Crippen molar-refractivity contribution < 1.29 is 12.6 Å². The van der Waals surface area contributed by atoms with Crippen LogP contribution in [-0.2, 0) is 14.3 Å². The molecule has 3 rings (SSSR count). The standard InChI is InChI=1S/C9H14O3S/c1-5-6-3-7-9(2,4-6)8(5)12-13(7,10)11/h5-8H,3-4H2,1-2H3. The van der Waals surface area contributed by atoms with Crippen LogP contribution in [0.15, 0.2) is 0 Å². The van der Waals surface area contributed by atoms with Gasteiger partial charge in [0.15, 0.2) is 0 Å². The molecule has 0 amide bonds. The first-order valence-corrected chi connectivity index (χ1v) is 6.34. The Labute approximate surface area is 78.6 Å². The number of rotatable bonds is 0. The quantitative estimate of drug-likeness (QED) is 0.553. The molecule has 2 aliphatic carbocycles. The van der Waals surface area contributed by atoms with Crippen molar-refractivity contribution in [3.05, 3.63) is 0 Å². The molecule has 0 aromatic carbocycles. The molecule has 74 valence electrons. The average molecular weight is 202 g/mol. The summed E-state index contributed by atoms with van der Waals surface area (Å²) in [6.07, 6.45) is 1.85. The molecular formula is C9H14O3S. The molecule has 0 spiro atoms. The minimum Gasteiger partial charge on any atom is -0.266 e. The van der Waals surface area contributed by atoms with Crippen LogP contribution in [0.3, 0.4) is 0 Å². The van der Waals surface area contributed by atoms with Crippen molar-refractivity contribution in [1.29, 1.82) is 0 Å². The summed E-state index contributed by atoms with van der Waals surface area (Å²) in [6.45, 7) is 4.20. The topological polar surface area (TPSA) is 43.4 Å². The molecule has 0 radical (unpaired) electrons. The highest BCUT2D eigenvalue weighted by Gasteiger charge is 2.69. The summed E-state index contributed by atoms with van der Waals surface area (Å²) in [5.74, 6) is 1.01. The van der Waals surface area contributed by atoms with Crippen molar-refractivity contribution in [2.75, 3.05) is 0 Å². The SMILES string of the molecule is CC1C2CC3C(C)(C2)C1OS3(=O)=O. The van der Waals surface area contributed by atoms with E-state index in [9.17, 15) is 8.42 Å². The van der Waals surface area contributed by atoms with Crippen LogP contribution in [0.4, 0.5) is 0 Å². The van der Waals surface area contributed by atoms with Gasteiger partial charge in [-0.3, -0.25) is 4.18 Å². The van der Waals surface area contributed by atoms with E-state index in [-0.39, 0.29) is 16.8 Å². The van der Waals surface area contributed by atoms with Gasteiger partial charge in [0.25, 0.3) is 10.1 Å². The molecule has 4 heteroatoms. The fraction of sp³-hybridized carbons (Fsp3) is 1.00. The minimum absolute atomic E-state index is 0.0266. The van der Waals surface area contributed by atoms with E-state index in [1.165, 1.54) is 0 Å². The summed E-state index contributed by atoms with van der Waals surface area (Å²) < 4.78 is 28.4. The molecule has 5 atom stereocenters. The van der Waals surface area contributed by atoms with Gasteiger partial charge in [-0.2, -0.15) is 8.42 Å². The maximum atomic E-state index is 11.6. The summed E-state index contributed by atoms with van der Waals surface area (Å²) in [5.41, 5.74) is -0.0666. The molecule has 0 aromatic heterocycles. The lowest BCUT2D eigenvalue weighted by atomic mass is 9.79. The van der Waals surface area contributed by atoms with Crippen LogP contribution < -0.4 is 0 Å². The number of fused-ring (bicyclic) bond motifs is 1. The van der Waals surface area contributed by atoms with Crippen LogP contribution in [0, 0.1) is 17.3 Å². The third-order valence-electron chi connectivity index (χ3n) is 4.41. The number of hydrogen-bond donors (Lipinski definition) is 0. The van der Waals surface area contributed by atoms with Crippen LogP contribution in [-0.4, -0.2) is 19.8 Å². The van der Waals surface area contributed by atoms with Crippen LogP contribution >= 0.6 is 0 Å². The van der Waals surface area contributed by atoms with E-state index in [0.29, 0.717) is 11.8 Å². The molecule has 2 saturated carbocycles. The molecule has 2 bridgehead atoms. The normalized spacial score (nSPS) is 61.7. The molecule has 3 aliphatic rings. The minimum atomic E-state index is -3.22. The second-order valence-corrected chi connectivity index (χ2v) is 6.81. The molecule has 0 aromatic rings. The molecular weight excluding hydrogens is 188 g/mol. The maximum absolute atomic E-state index is 11.6. The van der Waals surface area contributed by atoms with Gasteiger partial charge in [0.1, 0.15) is 0 Å². The second-order valence-electron chi connectivity index (χ2n) is 5.06. The first-order valence-electron chi connectivity index (χ1n) is 4.87. The van der Waals surface area contributed by atoms with Gasteiger partial charge in [-0.05, 0) is 24.7 Å². The Morgan fingerprint density at radius 2 is 2.15 bits per heavy atom. The van der Waals surface area contributed by atoms with Gasteiger partial charge >= 0.3 is 0 Å². The van der Waals surface area contributed by atoms with Crippen LogP contribution in [0.2, 0.25) is 0 Å². The first kappa shape index (κ1) is 8.24. The van der Waals surface area contributed by atoms with E-state index in [1.807, 2.05) is 0 Å². The van der Waals surface area contributed by atoms with E-state index >= 15 is 0 Å².